The predicted octanol–water partition coefficient (Wildman–Crippen LogP) is 13.4. The topological polar surface area (TPSA) is 99.1 Å². The summed E-state index contributed by atoms with van der Waals surface area (Å²) in [6.45, 7) is 4.67. The highest BCUT2D eigenvalue weighted by Crippen LogP contribution is 2.13. The SMILES string of the molecule is CCCCC/C=C/C/C=C/C/C=C/C/C=C/CCCCCCCC(=O)OC(COCCC(C(=O)O)[N+](C)(C)C)COC(=O)CCCCC/C=C/CCCCCCCCC. The Morgan fingerprint density at radius 3 is 1.39 bits per heavy atom. The Labute approximate surface area is 362 Å². The number of hydrogen-bond acceptors (Lipinski definition) is 6. The van der Waals surface area contributed by atoms with Gasteiger partial charge in [0, 0.05) is 19.3 Å². The maximum atomic E-state index is 12.8. The van der Waals surface area contributed by atoms with Crippen LogP contribution in [0.1, 0.15) is 194 Å². The number of quaternary nitrogens is 1. The van der Waals surface area contributed by atoms with Gasteiger partial charge in [-0.1, -0.05) is 152 Å². The molecule has 2 unspecified atom stereocenters. The van der Waals surface area contributed by atoms with Crippen molar-refractivity contribution in [3.63, 3.8) is 0 Å². The number of carbonyl (C=O) groups excluding carboxylic acids is 2. The van der Waals surface area contributed by atoms with Gasteiger partial charge in [0.15, 0.2) is 12.1 Å². The van der Waals surface area contributed by atoms with E-state index in [0.717, 1.165) is 89.9 Å². The number of carbonyl (C=O) groups is 3. The van der Waals surface area contributed by atoms with Crippen LogP contribution in [0.25, 0.3) is 0 Å². The van der Waals surface area contributed by atoms with Crippen molar-refractivity contribution in [1.82, 2.24) is 0 Å². The number of rotatable bonds is 42. The molecule has 0 heterocycles. The minimum atomic E-state index is -0.882. The molecule has 0 aromatic rings. The molecule has 0 aromatic carbocycles. The van der Waals surface area contributed by atoms with Crippen molar-refractivity contribution in [2.24, 2.45) is 0 Å². The van der Waals surface area contributed by atoms with Gasteiger partial charge in [-0.05, 0) is 83.5 Å². The molecule has 340 valence electrons. The largest absolute Gasteiger partial charge is 0.477 e. The summed E-state index contributed by atoms with van der Waals surface area (Å²) < 4.78 is 17.3. The third-order valence-electron chi connectivity index (χ3n) is 10.4. The van der Waals surface area contributed by atoms with Crippen LogP contribution in [0.2, 0.25) is 0 Å². The first-order valence-corrected chi connectivity index (χ1v) is 23.8. The zero-order chi connectivity index (χ0) is 43.5. The number of unbranched alkanes of at least 4 members (excludes halogenated alkanes) is 18. The van der Waals surface area contributed by atoms with E-state index in [-0.39, 0.29) is 36.2 Å². The lowest BCUT2D eigenvalue weighted by atomic mass is 10.1. The van der Waals surface area contributed by atoms with Gasteiger partial charge in [0.2, 0.25) is 0 Å². The number of likely N-dealkylation sites (N-methyl/N-ethyl adjacent to an activating group) is 1. The minimum absolute atomic E-state index is 0.0468. The van der Waals surface area contributed by atoms with Crippen LogP contribution in [0.3, 0.4) is 0 Å². The fourth-order valence-corrected chi connectivity index (χ4v) is 6.66. The summed E-state index contributed by atoms with van der Waals surface area (Å²) in [7, 11) is 5.51. The van der Waals surface area contributed by atoms with E-state index in [9.17, 15) is 19.5 Å². The number of allylic oxidation sites excluding steroid dienone is 10. The van der Waals surface area contributed by atoms with Crippen LogP contribution in [0.5, 0.6) is 0 Å². The van der Waals surface area contributed by atoms with Gasteiger partial charge in [-0.15, -0.1) is 0 Å². The van der Waals surface area contributed by atoms with Crippen molar-refractivity contribution in [1.29, 1.82) is 0 Å². The van der Waals surface area contributed by atoms with E-state index in [0.29, 0.717) is 19.3 Å². The molecule has 0 fully saturated rings. The number of ether oxygens (including phenoxy) is 3. The van der Waals surface area contributed by atoms with Gasteiger partial charge >= 0.3 is 17.9 Å². The first-order valence-electron chi connectivity index (χ1n) is 23.8. The van der Waals surface area contributed by atoms with Crippen LogP contribution in [0.4, 0.5) is 0 Å². The van der Waals surface area contributed by atoms with Gasteiger partial charge < -0.3 is 23.8 Å². The average Bonchev–Trinajstić information content (AvgIpc) is 3.19. The number of carboxylic acids is 1. The summed E-state index contributed by atoms with van der Waals surface area (Å²) >= 11 is 0. The van der Waals surface area contributed by atoms with E-state index in [1.54, 1.807) is 0 Å². The molecule has 59 heavy (non-hydrogen) atoms. The van der Waals surface area contributed by atoms with E-state index in [1.165, 1.54) is 70.6 Å². The molecule has 8 nitrogen and oxygen atoms in total. The summed E-state index contributed by atoms with van der Waals surface area (Å²) in [4.78, 5) is 37.0. The maximum Gasteiger partial charge on any atom is 0.362 e. The smallest absolute Gasteiger partial charge is 0.362 e. The molecule has 0 rings (SSSR count). The first kappa shape index (κ1) is 56.0. The van der Waals surface area contributed by atoms with Crippen LogP contribution in [0, 0.1) is 0 Å². The van der Waals surface area contributed by atoms with Crippen molar-refractivity contribution < 1.29 is 38.2 Å². The van der Waals surface area contributed by atoms with E-state index < -0.39 is 18.1 Å². The molecule has 0 bridgehead atoms. The predicted molar refractivity (Wildman–Crippen MR) is 247 cm³/mol. The number of nitrogens with zero attached hydrogens (tertiary/aromatic N) is 1. The summed E-state index contributed by atoms with van der Waals surface area (Å²) in [5, 5.41) is 9.63. The van der Waals surface area contributed by atoms with E-state index >= 15 is 0 Å². The number of aliphatic carboxylic acids is 1. The molecule has 0 saturated heterocycles. The molecular formula is C51H90NO7+. The lowest BCUT2D eigenvalue weighted by Crippen LogP contribution is -2.50. The van der Waals surface area contributed by atoms with Crippen LogP contribution in [0.15, 0.2) is 60.8 Å². The lowest BCUT2D eigenvalue weighted by molar-refractivity contribution is -0.887. The second-order valence-corrected chi connectivity index (χ2v) is 17.0. The van der Waals surface area contributed by atoms with Crippen molar-refractivity contribution in [3.8, 4) is 0 Å². The maximum absolute atomic E-state index is 12.8. The lowest BCUT2D eigenvalue weighted by Gasteiger charge is -2.31. The van der Waals surface area contributed by atoms with Gasteiger partial charge in [-0.3, -0.25) is 9.59 Å². The number of hydrogen-bond donors (Lipinski definition) is 1. The third-order valence-corrected chi connectivity index (χ3v) is 10.4. The molecule has 0 aliphatic carbocycles. The van der Waals surface area contributed by atoms with E-state index in [4.69, 9.17) is 14.2 Å². The summed E-state index contributed by atoms with van der Waals surface area (Å²) in [6, 6.07) is -0.622. The molecule has 1 N–H and O–H groups in total. The van der Waals surface area contributed by atoms with Gasteiger partial charge in [0.05, 0.1) is 34.4 Å². The fourth-order valence-electron chi connectivity index (χ4n) is 6.66. The van der Waals surface area contributed by atoms with Crippen LogP contribution in [-0.2, 0) is 28.6 Å². The molecule has 0 aliphatic heterocycles. The highest BCUT2D eigenvalue weighted by Gasteiger charge is 2.31. The Morgan fingerprint density at radius 1 is 0.508 bits per heavy atom. The van der Waals surface area contributed by atoms with Gasteiger partial charge in [-0.25, -0.2) is 4.79 Å². The average molecular weight is 829 g/mol. The Bertz CT molecular complexity index is 1150. The zero-order valence-corrected chi connectivity index (χ0v) is 38.7. The molecule has 0 spiro atoms. The minimum Gasteiger partial charge on any atom is -0.477 e. The van der Waals surface area contributed by atoms with Gasteiger partial charge in [0.25, 0.3) is 0 Å². The Balaban J connectivity index is 4.37. The van der Waals surface area contributed by atoms with E-state index in [2.05, 4.69) is 74.6 Å². The van der Waals surface area contributed by atoms with E-state index in [1.807, 2.05) is 21.1 Å². The Kier molecular flexibility index (Phi) is 39.6. The van der Waals surface area contributed by atoms with Crippen molar-refractivity contribution in [2.75, 3.05) is 41.0 Å². The molecule has 0 amide bonds. The third kappa shape index (κ3) is 40.2. The van der Waals surface area contributed by atoms with Gasteiger partial charge in [-0.2, -0.15) is 0 Å². The second-order valence-electron chi connectivity index (χ2n) is 17.0. The highest BCUT2D eigenvalue weighted by atomic mass is 16.6. The molecule has 0 saturated carbocycles. The molecule has 0 radical (unpaired) electrons. The number of carboxylic acid groups (broad SMARTS) is 1. The standard InChI is InChI=1S/C51H89NO7/c1-6-8-10-12-14-16-18-20-22-23-24-25-26-27-28-30-32-34-36-38-40-42-50(54)59-47(45-57-44-43-48(51(55)56)52(3,4)5)46-58-49(53)41-39-37-35-33-31-29-21-19-17-15-13-11-9-7-2/h14,16,20,22,24-25,27-29,31,47-48H,6-13,15,17-19,21,23,26,30,32-46H2,1-5H3/p+1/b16-14+,22-20+,25-24+,28-27+,31-29+. The zero-order valence-electron chi connectivity index (χ0n) is 38.7. The first-order chi connectivity index (χ1) is 28.6. The molecule has 0 aromatic heterocycles. The Hall–Kier alpha value is -2.97. The van der Waals surface area contributed by atoms with Crippen LogP contribution < -0.4 is 0 Å². The summed E-state index contributed by atoms with van der Waals surface area (Å²) in [5.74, 6) is -1.51. The summed E-state index contributed by atoms with van der Waals surface area (Å²) in [5.41, 5.74) is 0. The highest BCUT2D eigenvalue weighted by molar-refractivity contribution is 5.72. The Morgan fingerprint density at radius 2 is 0.898 bits per heavy atom. The van der Waals surface area contributed by atoms with Gasteiger partial charge in [0.1, 0.15) is 6.61 Å². The molecule has 0 aliphatic rings. The van der Waals surface area contributed by atoms with Crippen LogP contribution in [-0.4, -0.2) is 80.6 Å². The summed E-state index contributed by atoms with van der Waals surface area (Å²) in [6.07, 6.45) is 51.2. The van der Waals surface area contributed by atoms with Crippen molar-refractivity contribution >= 4 is 17.9 Å². The normalized spacial score (nSPS) is 13.4. The van der Waals surface area contributed by atoms with Crippen molar-refractivity contribution in [3.05, 3.63) is 60.8 Å². The van der Waals surface area contributed by atoms with Crippen molar-refractivity contribution in [2.45, 2.75) is 206 Å². The molecular weight excluding hydrogens is 739 g/mol. The van der Waals surface area contributed by atoms with Crippen LogP contribution >= 0.6 is 0 Å². The second kappa shape index (κ2) is 41.8. The molecule has 2 atom stereocenters. The quantitative estimate of drug-likeness (QED) is 0.0283. The number of esters is 2. The monoisotopic (exact) mass is 829 g/mol. The fraction of sp³-hybridized carbons (Fsp3) is 0.745. The molecule has 8 heteroatoms.